The molecule has 0 radical (unpaired) electrons. The zero-order chi connectivity index (χ0) is 0. The van der Waals surface area contributed by atoms with Crippen molar-refractivity contribution in [2.45, 2.75) is 0 Å². The molecule has 6 heteroatoms. The molecule has 0 bridgehead atoms. The van der Waals surface area contributed by atoms with Crippen LogP contribution < -0.4 is 75.4 Å². The molecule has 0 heterocycles. The third-order valence-electron chi connectivity index (χ3n) is 0. The number of rotatable bonds is 0. The molecular formula is H4Li4O2+4. The van der Waals surface area contributed by atoms with E-state index in [0.717, 1.165) is 0 Å². The molecule has 16 valence electrons. The topological polar surface area (TPSA) is 63.0 Å². The zero-order valence-electron chi connectivity index (χ0n) is 5.00. The first-order valence-corrected chi connectivity index (χ1v) is 0. The van der Waals surface area contributed by atoms with E-state index in [1.54, 1.807) is 0 Å². The van der Waals surface area contributed by atoms with Gasteiger partial charge in [-0.3, -0.25) is 0 Å². The van der Waals surface area contributed by atoms with Gasteiger partial charge in [-0.15, -0.1) is 0 Å². The summed E-state index contributed by atoms with van der Waals surface area (Å²) in [6.07, 6.45) is 0. The smallest absolute Gasteiger partial charge is 0.412 e. The molecule has 6 heavy (non-hydrogen) atoms. The Hall–Kier alpha value is 2.31. The van der Waals surface area contributed by atoms with Crippen LogP contribution in [0, 0.1) is 0 Å². The molecule has 0 amide bonds. The van der Waals surface area contributed by atoms with Gasteiger partial charge in [0.25, 0.3) is 0 Å². The summed E-state index contributed by atoms with van der Waals surface area (Å²) in [5.74, 6) is 0. The van der Waals surface area contributed by atoms with Crippen LogP contribution in [-0.4, -0.2) is 11.0 Å². The maximum absolute atomic E-state index is 0. The van der Waals surface area contributed by atoms with Gasteiger partial charge in [0, 0.05) is 0 Å². The minimum absolute atomic E-state index is 0. The molecule has 2 nitrogen and oxygen atoms in total. The third-order valence-corrected chi connectivity index (χ3v) is 0. The van der Waals surface area contributed by atoms with Crippen molar-refractivity contribution in [2.75, 3.05) is 0 Å². The van der Waals surface area contributed by atoms with Crippen molar-refractivity contribution >= 4 is 0 Å². The summed E-state index contributed by atoms with van der Waals surface area (Å²) in [6.45, 7) is 0. The SMILES string of the molecule is O.O.[Li+].[Li+].[Li+].[Li+]. The summed E-state index contributed by atoms with van der Waals surface area (Å²) < 4.78 is 0. The summed E-state index contributed by atoms with van der Waals surface area (Å²) in [5.41, 5.74) is 0. The van der Waals surface area contributed by atoms with E-state index in [9.17, 15) is 0 Å². The van der Waals surface area contributed by atoms with Gasteiger partial charge in [-0.2, -0.15) is 0 Å². The van der Waals surface area contributed by atoms with Gasteiger partial charge in [0.2, 0.25) is 0 Å². The van der Waals surface area contributed by atoms with E-state index in [4.69, 9.17) is 0 Å². The van der Waals surface area contributed by atoms with Gasteiger partial charge < -0.3 is 11.0 Å². The molecule has 4 N–H and O–H groups in total. The van der Waals surface area contributed by atoms with Crippen molar-refractivity contribution in [1.29, 1.82) is 0 Å². The predicted octanol–water partition coefficient (Wildman–Crippen LogP) is -13.6. The van der Waals surface area contributed by atoms with Crippen LogP contribution in [0.2, 0.25) is 0 Å². The summed E-state index contributed by atoms with van der Waals surface area (Å²) >= 11 is 0. The minimum atomic E-state index is 0. The van der Waals surface area contributed by atoms with Crippen LogP contribution in [0.25, 0.3) is 0 Å². The van der Waals surface area contributed by atoms with Crippen molar-refractivity contribution in [3.05, 3.63) is 0 Å². The van der Waals surface area contributed by atoms with E-state index in [-0.39, 0.29) is 86.4 Å². The first kappa shape index (κ1) is 83.2. The van der Waals surface area contributed by atoms with Crippen molar-refractivity contribution in [1.82, 2.24) is 0 Å². The van der Waals surface area contributed by atoms with Crippen LogP contribution in [0.1, 0.15) is 0 Å². The molecule has 0 fully saturated rings. The van der Waals surface area contributed by atoms with Crippen LogP contribution in [0.15, 0.2) is 0 Å². The molecule has 0 aromatic rings. The molecule has 0 rings (SSSR count). The second-order valence-corrected chi connectivity index (χ2v) is 0. The second kappa shape index (κ2) is 54.6. The maximum Gasteiger partial charge on any atom is 1.00 e. The summed E-state index contributed by atoms with van der Waals surface area (Å²) in [5, 5.41) is 0. The molecule has 0 aliphatic rings. The van der Waals surface area contributed by atoms with Crippen LogP contribution in [0.3, 0.4) is 0 Å². The molecular weight excluding hydrogens is 59.8 g/mol. The van der Waals surface area contributed by atoms with Gasteiger partial charge in [-0.25, -0.2) is 0 Å². The van der Waals surface area contributed by atoms with Crippen LogP contribution >= 0.6 is 0 Å². The summed E-state index contributed by atoms with van der Waals surface area (Å²) in [4.78, 5) is 0. The van der Waals surface area contributed by atoms with Crippen molar-refractivity contribution in [3.8, 4) is 0 Å². The Kier molecular flexibility index (Phi) is 757. The monoisotopic (exact) mass is 64.1 g/mol. The van der Waals surface area contributed by atoms with Crippen LogP contribution in [0.5, 0.6) is 0 Å². The van der Waals surface area contributed by atoms with Crippen molar-refractivity contribution in [2.24, 2.45) is 0 Å². The average molecular weight is 63.8 g/mol. The van der Waals surface area contributed by atoms with E-state index < -0.39 is 0 Å². The first-order valence-electron chi connectivity index (χ1n) is 0. The van der Waals surface area contributed by atoms with Gasteiger partial charge in [0.1, 0.15) is 0 Å². The standard InChI is InChI=1S/4Li.2H2O/h;;;;2*1H2/q4*+1;;. The van der Waals surface area contributed by atoms with Gasteiger partial charge >= 0.3 is 75.4 Å². The summed E-state index contributed by atoms with van der Waals surface area (Å²) in [6, 6.07) is 0. The number of hydrogen-bond donors (Lipinski definition) is 0. The Morgan fingerprint density at radius 1 is 0.333 bits per heavy atom. The molecule has 0 saturated carbocycles. The maximum atomic E-state index is 0. The largest absolute Gasteiger partial charge is 1.00 e. The fraction of sp³-hybridized carbons (Fsp3) is 0. The molecule has 0 unspecified atom stereocenters. The normalized spacial score (nSPS) is 0. The van der Waals surface area contributed by atoms with Gasteiger partial charge in [-0.1, -0.05) is 0 Å². The van der Waals surface area contributed by atoms with E-state index in [0.29, 0.717) is 0 Å². The van der Waals surface area contributed by atoms with Gasteiger partial charge in [-0.05, 0) is 0 Å². The minimum Gasteiger partial charge on any atom is -0.412 e. The van der Waals surface area contributed by atoms with E-state index in [2.05, 4.69) is 0 Å². The van der Waals surface area contributed by atoms with Crippen molar-refractivity contribution < 1.29 is 86.4 Å². The van der Waals surface area contributed by atoms with E-state index in [1.807, 2.05) is 0 Å². The van der Waals surface area contributed by atoms with Crippen LogP contribution in [-0.2, 0) is 0 Å². The summed E-state index contributed by atoms with van der Waals surface area (Å²) in [7, 11) is 0. The van der Waals surface area contributed by atoms with Crippen molar-refractivity contribution in [3.63, 3.8) is 0 Å². The van der Waals surface area contributed by atoms with Gasteiger partial charge in [0.05, 0.1) is 0 Å². The van der Waals surface area contributed by atoms with Gasteiger partial charge in [0.15, 0.2) is 0 Å². The van der Waals surface area contributed by atoms with E-state index in [1.165, 1.54) is 0 Å². The average Bonchev–Trinajstić information content (AvgIpc) is 0. The Morgan fingerprint density at radius 3 is 0.333 bits per heavy atom. The molecule has 0 aromatic heterocycles. The molecule has 0 aliphatic heterocycles. The zero-order valence-corrected chi connectivity index (χ0v) is 5.00. The number of hydrogen-bond acceptors (Lipinski definition) is 0. The fourth-order valence-corrected chi connectivity index (χ4v) is 0. The molecule has 0 aliphatic carbocycles. The Labute approximate surface area is 85.5 Å². The Balaban J connectivity index is 0. The third kappa shape index (κ3) is 33.3. The first-order chi connectivity index (χ1) is 0. The molecule has 0 atom stereocenters. The molecule has 0 aromatic carbocycles. The predicted molar refractivity (Wildman–Crippen MR) is 7.23 cm³/mol. The van der Waals surface area contributed by atoms with E-state index >= 15 is 0 Å². The Bertz CT molecular complexity index is 5.51. The quantitative estimate of drug-likeness (QED) is 0.251. The molecule has 0 spiro atoms. The second-order valence-electron chi connectivity index (χ2n) is 0. The Morgan fingerprint density at radius 2 is 0.333 bits per heavy atom. The van der Waals surface area contributed by atoms with Crippen LogP contribution in [0.4, 0.5) is 0 Å². The molecule has 0 saturated heterocycles. The fourth-order valence-electron chi connectivity index (χ4n) is 0.